The standard InChI is InChI=1S/C16H24N2O/c1-12-5-7-14(8-6-12)16(2,3)11-18(4)15(19)13-9-17-10-13/h5-8,13,17H,9-11H2,1-4H3. The van der Waals surface area contributed by atoms with E-state index in [1.165, 1.54) is 11.1 Å². The van der Waals surface area contributed by atoms with Crippen molar-refractivity contribution < 1.29 is 4.79 Å². The fraction of sp³-hybridized carbons (Fsp3) is 0.562. The molecule has 1 amide bonds. The number of amides is 1. The quantitative estimate of drug-likeness (QED) is 0.897. The van der Waals surface area contributed by atoms with Gasteiger partial charge >= 0.3 is 0 Å². The van der Waals surface area contributed by atoms with Gasteiger partial charge in [-0.1, -0.05) is 43.7 Å². The van der Waals surface area contributed by atoms with Crippen LogP contribution in [-0.4, -0.2) is 37.5 Å². The van der Waals surface area contributed by atoms with Crippen molar-refractivity contribution in [3.63, 3.8) is 0 Å². The van der Waals surface area contributed by atoms with Crippen molar-refractivity contribution in [2.24, 2.45) is 5.92 Å². The van der Waals surface area contributed by atoms with E-state index in [9.17, 15) is 4.79 Å². The minimum atomic E-state index is -0.0186. The highest BCUT2D eigenvalue weighted by molar-refractivity contribution is 5.80. The zero-order valence-electron chi connectivity index (χ0n) is 12.4. The molecule has 3 nitrogen and oxygen atoms in total. The largest absolute Gasteiger partial charge is 0.345 e. The van der Waals surface area contributed by atoms with E-state index in [0.29, 0.717) is 0 Å². The molecule has 1 saturated heterocycles. The first-order chi connectivity index (χ1) is 8.90. The normalized spacial score (nSPS) is 16.0. The average Bonchev–Trinajstić information content (AvgIpc) is 2.26. The van der Waals surface area contributed by atoms with Crippen LogP contribution in [-0.2, 0) is 10.2 Å². The van der Waals surface area contributed by atoms with E-state index in [1.54, 1.807) is 0 Å². The number of carbonyl (C=O) groups is 1. The van der Waals surface area contributed by atoms with Crippen LogP contribution in [0.2, 0.25) is 0 Å². The van der Waals surface area contributed by atoms with E-state index in [-0.39, 0.29) is 17.2 Å². The Hall–Kier alpha value is -1.35. The summed E-state index contributed by atoms with van der Waals surface area (Å²) in [5, 5.41) is 3.15. The highest BCUT2D eigenvalue weighted by atomic mass is 16.2. The average molecular weight is 260 g/mol. The van der Waals surface area contributed by atoms with E-state index in [0.717, 1.165) is 19.6 Å². The third kappa shape index (κ3) is 3.16. The van der Waals surface area contributed by atoms with E-state index < -0.39 is 0 Å². The van der Waals surface area contributed by atoms with Crippen LogP contribution >= 0.6 is 0 Å². The first kappa shape index (κ1) is 14.1. The Morgan fingerprint density at radius 2 is 1.89 bits per heavy atom. The summed E-state index contributed by atoms with van der Waals surface area (Å²) in [4.78, 5) is 14.1. The summed E-state index contributed by atoms with van der Waals surface area (Å²) >= 11 is 0. The van der Waals surface area contributed by atoms with Gasteiger partial charge in [0.2, 0.25) is 5.91 Å². The van der Waals surface area contributed by atoms with Crippen LogP contribution in [0, 0.1) is 12.8 Å². The lowest BCUT2D eigenvalue weighted by Crippen LogP contribution is -2.52. The van der Waals surface area contributed by atoms with Gasteiger partial charge in [0.15, 0.2) is 0 Å². The molecule has 0 spiro atoms. The highest BCUT2D eigenvalue weighted by Crippen LogP contribution is 2.25. The van der Waals surface area contributed by atoms with Crippen LogP contribution in [0.5, 0.6) is 0 Å². The predicted octanol–water partition coefficient (Wildman–Crippen LogP) is 1.95. The van der Waals surface area contributed by atoms with Gasteiger partial charge in [-0.05, 0) is 12.5 Å². The Morgan fingerprint density at radius 3 is 2.37 bits per heavy atom. The number of nitrogens with zero attached hydrogens (tertiary/aromatic N) is 1. The lowest BCUT2D eigenvalue weighted by atomic mass is 9.83. The lowest BCUT2D eigenvalue weighted by Gasteiger charge is -2.35. The first-order valence-corrected chi connectivity index (χ1v) is 6.93. The molecule has 0 saturated carbocycles. The van der Waals surface area contributed by atoms with Crippen LogP contribution < -0.4 is 5.32 Å². The third-order valence-corrected chi connectivity index (χ3v) is 3.97. The Kier molecular flexibility index (Phi) is 3.95. The van der Waals surface area contributed by atoms with Gasteiger partial charge in [-0.2, -0.15) is 0 Å². The molecule has 1 fully saturated rings. The molecule has 1 aliphatic heterocycles. The van der Waals surface area contributed by atoms with Crippen LogP contribution in [0.25, 0.3) is 0 Å². The van der Waals surface area contributed by atoms with Crippen LogP contribution in [0.1, 0.15) is 25.0 Å². The van der Waals surface area contributed by atoms with Crippen molar-refractivity contribution in [1.82, 2.24) is 10.2 Å². The van der Waals surface area contributed by atoms with E-state index in [4.69, 9.17) is 0 Å². The summed E-state index contributed by atoms with van der Waals surface area (Å²) in [6, 6.07) is 8.60. The molecule has 0 aromatic heterocycles. The summed E-state index contributed by atoms with van der Waals surface area (Å²) < 4.78 is 0. The monoisotopic (exact) mass is 260 g/mol. The summed E-state index contributed by atoms with van der Waals surface area (Å²) in [7, 11) is 1.91. The summed E-state index contributed by atoms with van der Waals surface area (Å²) in [5.74, 6) is 0.442. The molecule has 0 aliphatic carbocycles. The summed E-state index contributed by atoms with van der Waals surface area (Å²) in [5.41, 5.74) is 2.53. The molecule has 1 aromatic carbocycles. The Morgan fingerprint density at radius 1 is 1.32 bits per heavy atom. The van der Waals surface area contributed by atoms with E-state index in [1.807, 2.05) is 11.9 Å². The van der Waals surface area contributed by atoms with E-state index >= 15 is 0 Å². The van der Waals surface area contributed by atoms with Gasteiger partial charge in [0.1, 0.15) is 0 Å². The molecule has 19 heavy (non-hydrogen) atoms. The molecule has 1 heterocycles. The van der Waals surface area contributed by atoms with Gasteiger partial charge < -0.3 is 10.2 Å². The zero-order valence-corrected chi connectivity index (χ0v) is 12.4. The van der Waals surface area contributed by atoms with Crippen molar-refractivity contribution in [2.45, 2.75) is 26.2 Å². The topological polar surface area (TPSA) is 32.3 Å². The smallest absolute Gasteiger partial charge is 0.228 e. The van der Waals surface area contributed by atoms with Gasteiger partial charge in [0, 0.05) is 32.1 Å². The fourth-order valence-corrected chi connectivity index (χ4v) is 2.54. The number of likely N-dealkylation sites (N-methyl/N-ethyl adjacent to an activating group) is 1. The highest BCUT2D eigenvalue weighted by Gasteiger charge is 2.31. The maximum atomic E-state index is 12.2. The number of hydrogen-bond acceptors (Lipinski definition) is 2. The molecular weight excluding hydrogens is 236 g/mol. The number of aryl methyl sites for hydroxylation is 1. The molecule has 0 bridgehead atoms. The number of carbonyl (C=O) groups excluding carboxylic acids is 1. The van der Waals surface area contributed by atoms with Crippen molar-refractivity contribution in [3.8, 4) is 0 Å². The van der Waals surface area contributed by atoms with Gasteiger partial charge in [0.25, 0.3) is 0 Å². The van der Waals surface area contributed by atoms with Crippen LogP contribution in [0.3, 0.4) is 0 Å². The van der Waals surface area contributed by atoms with Gasteiger partial charge in [-0.25, -0.2) is 0 Å². The van der Waals surface area contributed by atoms with Crippen molar-refractivity contribution in [2.75, 3.05) is 26.7 Å². The Labute approximate surface area is 116 Å². The second-order valence-corrected chi connectivity index (χ2v) is 6.30. The van der Waals surface area contributed by atoms with Crippen molar-refractivity contribution in [1.29, 1.82) is 0 Å². The predicted molar refractivity (Wildman–Crippen MR) is 78.2 cm³/mol. The maximum Gasteiger partial charge on any atom is 0.228 e. The molecule has 0 unspecified atom stereocenters. The molecule has 3 heteroatoms. The lowest BCUT2D eigenvalue weighted by molar-refractivity contribution is -0.136. The molecule has 1 aromatic rings. The molecule has 0 radical (unpaired) electrons. The number of nitrogens with one attached hydrogen (secondary N) is 1. The Balaban J connectivity index is 2.03. The van der Waals surface area contributed by atoms with Gasteiger partial charge in [0.05, 0.1) is 5.92 Å². The Bertz CT molecular complexity index is 446. The number of hydrogen-bond donors (Lipinski definition) is 1. The minimum Gasteiger partial charge on any atom is -0.345 e. The number of rotatable bonds is 4. The summed E-state index contributed by atoms with van der Waals surface area (Å²) in [6.45, 7) is 8.89. The van der Waals surface area contributed by atoms with E-state index in [2.05, 4.69) is 50.4 Å². The van der Waals surface area contributed by atoms with Crippen molar-refractivity contribution >= 4 is 5.91 Å². The molecule has 2 rings (SSSR count). The minimum absolute atomic E-state index is 0.0186. The van der Waals surface area contributed by atoms with Crippen molar-refractivity contribution in [3.05, 3.63) is 35.4 Å². The first-order valence-electron chi connectivity index (χ1n) is 6.93. The summed E-state index contributed by atoms with van der Waals surface area (Å²) in [6.07, 6.45) is 0. The van der Waals surface area contributed by atoms with Crippen LogP contribution in [0.15, 0.2) is 24.3 Å². The second kappa shape index (κ2) is 5.33. The molecule has 1 aliphatic rings. The fourth-order valence-electron chi connectivity index (χ4n) is 2.54. The number of benzene rings is 1. The van der Waals surface area contributed by atoms with Gasteiger partial charge in [-0.3, -0.25) is 4.79 Å². The third-order valence-electron chi connectivity index (χ3n) is 3.97. The molecule has 1 N–H and O–H groups in total. The maximum absolute atomic E-state index is 12.2. The zero-order chi connectivity index (χ0) is 14.0. The second-order valence-electron chi connectivity index (χ2n) is 6.30. The van der Waals surface area contributed by atoms with Crippen LogP contribution in [0.4, 0.5) is 0 Å². The van der Waals surface area contributed by atoms with Gasteiger partial charge in [-0.15, -0.1) is 0 Å². The molecule has 0 atom stereocenters. The SMILES string of the molecule is Cc1ccc(C(C)(C)CN(C)C(=O)C2CNC2)cc1. The molecular formula is C16H24N2O. The molecule has 104 valence electrons.